The van der Waals surface area contributed by atoms with Gasteiger partial charge in [-0.05, 0) is 24.7 Å². The van der Waals surface area contributed by atoms with Gasteiger partial charge in [0, 0.05) is 17.6 Å². The van der Waals surface area contributed by atoms with Crippen LogP contribution in [0.1, 0.15) is 5.56 Å². The number of halogens is 1. The highest BCUT2D eigenvalue weighted by atomic mass is 79.9. The van der Waals surface area contributed by atoms with Crippen LogP contribution in [0.4, 0.5) is 0 Å². The van der Waals surface area contributed by atoms with Crippen LogP contribution < -0.4 is 9.47 Å². The van der Waals surface area contributed by atoms with E-state index in [0.29, 0.717) is 18.0 Å². The number of hydrogen-bond donors (Lipinski definition) is 1. The average Bonchev–Trinajstić information content (AvgIpc) is 2.31. The van der Waals surface area contributed by atoms with E-state index in [1.807, 2.05) is 24.1 Å². The highest BCUT2D eigenvalue weighted by Crippen LogP contribution is 2.33. The van der Waals surface area contributed by atoms with Crippen molar-refractivity contribution >= 4 is 15.9 Å². The summed E-state index contributed by atoms with van der Waals surface area (Å²) in [5.74, 6) is 1.41. The molecule has 0 spiro atoms. The lowest BCUT2D eigenvalue weighted by Gasteiger charge is -2.18. The number of rotatable bonds is 6. The summed E-state index contributed by atoms with van der Waals surface area (Å²) in [7, 11) is 5.19. The maximum atomic E-state index is 8.87. The first kappa shape index (κ1) is 14.3. The number of nitrogens with zero attached hydrogens (tertiary/aromatic N) is 1. The predicted octanol–water partition coefficient (Wildman–Crippen LogP) is 1.89. The van der Waals surface area contributed by atoms with Crippen LogP contribution in [0.15, 0.2) is 16.6 Å². The minimum atomic E-state index is 0.154. The van der Waals surface area contributed by atoms with Gasteiger partial charge in [-0.3, -0.25) is 4.90 Å². The maximum Gasteiger partial charge on any atom is 0.161 e. The molecule has 1 aromatic rings. The Kier molecular flexibility index (Phi) is 5.74. The van der Waals surface area contributed by atoms with E-state index in [2.05, 4.69) is 15.9 Å². The van der Waals surface area contributed by atoms with Crippen LogP contribution in [0, 0.1) is 0 Å². The molecule has 4 nitrogen and oxygen atoms in total. The lowest BCUT2D eigenvalue weighted by molar-refractivity contribution is 0.217. The Hall–Kier alpha value is -0.780. The molecule has 1 aromatic carbocycles. The monoisotopic (exact) mass is 303 g/mol. The molecule has 1 N–H and O–H groups in total. The van der Waals surface area contributed by atoms with Gasteiger partial charge < -0.3 is 14.6 Å². The first-order chi connectivity index (χ1) is 8.12. The molecule has 0 aliphatic carbocycles. The summed E-state index contributed by atoms with van der Waals surface area (Å²) in [4.78, 5) is 2.03. The van der Waals surface area contributed by atoms with E-state index in [0.717, 1.165) is 16.6 Å². The molecule has 0 radical (unpaired) electrons. The second kappa shape index (κ2) is 6.83. The van der Waals surface area contributed by atoms with E-state index in [-0.39, 0.29) is 6.61 Å². The van der Waals surface area contributed by atoms with E-state index in [4.69, 9.17) is 14.6 Å². The molecule has 96 valence electrons. The quantitative estimate of drug-likeness (QED) is 0.871. The molecular formula is C12H18BrNO3. The average molecular weight is 304 g/mol. The van der Waals surface area contributed by atoms with Crippen LogP contribution in [0.5, 0.6) is 11.5 Å². The third kappa shape index (κ3) is 3.87. The number of aliphatic hydroxyl groups is 1. The molecule has 0 aliphatic rings. The van der Waals surface area contributed by atoms with Gasteiger partial charge in [-0.15, -0.1) is 0 Å². The molecule has 0 aromatic heterocycles. The maximum absolute atomic E-state index is 8.87. The molecule has 17 heavy (non-hydrogen) atoms. The van der Waals surface area contributed by atoms with Crippen LogP contribution in [0.2, 0.25) is 0 Å². The molecule has 5 heteroatoms. The van der Waals surface area contributed by atoms with Gasteiger partial charge in [-0.25, -0.2) is 0 Å². The minimum Gasteiger partial charge on any atom is -0.493 e. The van der Waals surface area contributed by atoms with Gasteiger partial charge in [0.1, 0.15) is 0 Å². The fourth-order valence-corrected chi connectivity index (χ4v) is 2.01. The topological polar surface area (TPSA) is 41.9 Å². The minimum absolute atomic E-state index is 0.154. The van der Waals surface area contributed by atoms with E-state index >= 15 is 0 Å². The zero-order valence-electron chi connectivity index (χ0n) is 10.4. The van der Waals surface area contributed by atoms with Crippen molar-refractivity contribution in [1.82, 2.24) is 4.90 Å². The molecule has 0 heterocycles. The Morgan fingerprint density at radius 3 is 2.35 bits per heavy atom. The zero-order valence-corrected chi connectivity index (χ0v) is 12.0. The van der Waals surface area contributed by atoms with E-state index in [1.54, 1.807) is 14.2 Å². The van der Waals surface area contributed by atoms with Crippen LogP contribution in [0.3, 0.4) is 0 Å². The van der Waals surface area contributed by atoms with Gasteiger partial charge in [-0.1, -0.05) is 15.9 Å². The number of likely N-dealkylation sites (N-methyl/N-ethyl adjacent to an activating group) is 1. The Labute approximate surface area is 110 Å². The zero-order chi connectivity index (χ0) is 12.8. The van der Waals surface area contributed by atoms with Crippen molar-refractivity contribution in [2.24, 2.45) is 0 Å². The van der Waals surface area contributed by atoms with Crippen LogP contribution in [0.25, 0.3) is 0 Å². The number of aliphatic hydroxyl groups excluding tert-OH is 1. The molecule has 0 fully saturated rings. The molecule has 1 rings (SSSR count). The van der Waals surface area contributed by atoms with Gasteiger partial charge >= 0.3 is 0 Å². The van der Waals surface area contributed by atoms with Gasteiger partial charge in [0.2, 0.25) is 0 Å². The van der Waals surface area contributed by atoms with E-state index in [1.165, 1.54) is 0 Å². The largest absolute Gasteiger partial charge is 0.493 e. The molecule has 0 bridgehead atoms. The smallest absolute Gasteiger partial charge is 0.161 e. The first-order valence-corrected chi connectivity index (χ1v) is 6.11. The molecule has 0 aliphatic heterocycles. The lowest BCUT2D eigenvalue weighted by atomic mass is 10.2. The third-order valence-electron chi connectivity index (χ3n) is 2.47. The molecule has 0 saturated carbocycles. The molecule has 0 saturated heterocycles. The molecule has 0 atom stereocenters. The fourth-order valence-electron chi connectivity index (χ4n) is 1.56. The van der Waals surface area contributed by atoms with Crippen molar-refractivity contribution in [3.63, 3.8) is 0 Å². The summed E-state index contributed by atoms with van der Waals surface area (Å²) in [5.41, 5.74) is 1.10. The summed E-state index contributed by atoms with van der Waals surface area (Å²) in [6.45, 7) is 1.53. The summed E-state index contributed by atoms with van der Waals surface area (Å²) in [6.07, 6.45) is 0. The van der Waals surface area contributed by atoms with Crippen LogP contribution in [-0.4, -0.2) is 44.4 Å². The highest BCUT2D eigenvalue weighted by Gasteiger charge is 2.10. The Balaban J connectivity index is 2.92. The van der Waals surface area contributed by atoms with E-state index in [9.17, 15) is 0 Å². The first-order valence-electron chi connectivity index (χ1n) is 5.32. The van der Waals surface area contributed by atoms with Crippen molar-refractivity contribution in [3.05, 3.63) is 22.2 Å². The molecule has 0 unspecified atom stereocenters. The van der Waals surface area contributed by atoms with Crippen molar-refractivity contribution in [3.8, 4) is 11.5 Å². The normalized spacial score (nSPS) is 10.7. The number of benzene rings is 1. The van der Waals surface area contributed by atoms with Crippen molar-refractivity contribution in [2.75, 3.05) is 34.4 Å². The second-order valence-electron chi connectivity index (χ2n) is 3.76. The SMILES string of the molecule is COc1cc(Br)c(CN(C)CCO)cc1OC. The number of ether oxygens (including phenoxy) is 2. The molecule has 0 amide bonds. The second-order valence-corrected chi connectivity index (χ2v) is 4.61. The Bertz CT molecular complexity index is 371. The van der Waals surface area contributed by atoms with Crippen molar-refractivity contribution in [1.29, 1.82) is 0 Å². The standard InChI is InChI=1S/C12H18BrNO3/c1-14(4-5-15)8-9-6-11(16-2)12(17-3)7-10(9)13/h6-7,15H,4-5,8H2,1-3H3. The lowest BCUT2D eigenvalue weighted by Crippen LogP contribution is -2.21. The third-order valence-corrected chi connectivity index (χ3v) is 3.21. The van der Waals surface area contributed by atoms with Crippen molar-refractivity contribution in [2.45, 2.75) is 6.54 Å². The molecular weight excluding hydrogens is 286 g/mol. The van der Waals surface area contributed by atoms with Crippen LogP contribution in [-0.2, 0) is 6.54 Å². The summed E-state index contributed by atoms with van der Waals surface area (Å²) >= 11 is 3.51. The predicted molar refractivity (Wildman–Crippen MR) is 70.7 cm³/mol. The van der Waals surface area contributed by atoms with Gasteiger partial charge in [0.15, 0.2) is 11.5 Å². The Morgan fingerprint density at radius 2 is 1.82 bits per heavy atom. The van der Waals surface area contributed by atoms with Crippen LogP contribution >= 0.6 is 15.9 Å². The van der Waals surface area contributed by atoms with Crippen molar-refractivity contribution < 1.29 is 14.6 Å². The fraction of sp³-hybridized carbons (Fsp3) is 0.500. The highest BCUT2D eigenvalue weighted by molar-refractivity contribution is 9.10. The number of methoxy groups -OCH3 is 2. The Morgan fingerprint density at radius 1 is 1.24 bits per heavy atom. The van der Waals surface area contributed by atoms with E-state index < -0.39 is 0 Å². The summed E-state index contributed by atoms with van der Waals surface area (Å²) in [5, 5.41) is 8.87. The van der Waals surface area contributed by atoms with Gasteiger partial charge in [-0.2, -0.15) is 0 Å². The van der Waals surface area contributed by atoms with Gasteiger partial charge in [0.25, 0.3) is 0 Å². The summed E-state index contributed by atoms with van der Waals surface area (Å²) in [6, 6.07) is 3.83. The van der Waals surface area contributed by atoms with Gasteiger partial charge in [0.05, 0.1) is 20.8 Å². The number of hydrogen-bond acceptors (Lipinski definition) is 4. The summed E-state index contributed by atoms with van der Waals surface area (Å²) < 4.78 is 11.4.